The molecule has 0 spiro atoms. The van der Waals surface area contributed by atoms with Crippen molar-refractivity contribution in [2.24, 2.45) is 0 Å². The Morgan fingerprint density at radius 1 is 1.05 bits per heavy atom. The van der Waals surface area contributed by atoms with Crippen molar-refractivity contribution in [3.63, 3.8) is 0 Å². The molecule has 0 saturated heterocycles. The van der Waals surface area contributed by atoms with Crippen molar-refractivity contribution in [3.05, 3.63) is 48.0 Å². The Bertz CT molecular complexity index is 572. The Balaban J connectivity index is 2.41. The van der Waals surface area contributed by atoms with E-state index >= 15 is 0 Å². The minimum absolute atomic E-state index is 0.220. The summed E-state index contributed by atoms with van der Waals surface area (Å²) in [4.78, 5) is 0. The normalized spacial score (nSPS) is 12.3. The second-order valence-electron chi connectivity index (χ2n) is 4.51. The second kappa shape index (κ2) is 5.95. The molecule has 0 radical (unpaired) electrons. The summed E-state index contributed by atoms with van der Waals surface area (Å²) in [7, 11) is 0. The predicted molar refractivity (Wildman–Crippen MR) is 81.1 cm³/mol. The maximum absolute atomic E-state index is 9.70. The van der Waals surface area contributed by atoms with Crippen molar-refractivity contribution in [2.45, 2.75) is 12.5 Å². The zero-order chi connectivity index (χ0) is 13.8. The largest absolute Gasteiger partial charge is 0.397 e. The lowest BCUT2D eigenvalue weighted by Gasteiger charge is -2.13. The summed E-state index contributed by atoms with van der Waals surface area (Å²) in [5, 5.41) is 9.70. The molecule has 0 aliphatic rings. The lowest BCUT2D eigenvalue weighted by Crippen LogP contribution is -2.12. The highest BCUT2D eigenvalue weighted by Gasteiger charge is 2.10. The van der Waals surface area contributed by atoms with Gasteiger partial charge in [-0.25, -0.2) is 0 Å². The Kier molecular flexibility index (Phi) is 4.30. The number of aliphatic hydroxyl groups is 1. The zero-order valence-electron chi connectivity index (χ0n) is 10.5. The molecule has 0 amide bonds. The molecule has 2 rings (SSSR count). The third-order valence-electron chi connectivity index (χ3n) is 3.05. The van der Waals surface area contributed by atoms with E-state index in [0.717, 1.165) is 16.7 Å². The fourth-order valence-electron chi connectivity index (χ4n) is 2.03. The molecule has 100 valence electrons. The molecule has 4 heteroatoms. The van der Waals surface area contributed by atoms with E-state index in [2.05, 4.69) is 0 Å². The summed E-state index contributed by atoms with van der Waals surface area (Å²) in [5.74, 6) is 0.220. The summed E-state index contributed by atoms with van der Waals surface area (Å²) in [5.41, 5.74) is 15.8. The van der Waals surface area contributed by atoms with Gasteiger partial charge < -0.3 is 16.6 Å². The number of aliphatic hydroxyl groups excluding tert-OH is 1. The molecule has 0 saturated carbocycles. The molecular weight excluding hydrogens is 260 g/mol. The summed E-state index contributed by atoms with van der Waals surface area (Å²) in [6, 6.07) is 13.5. The topological polar surface area (TPSA) is 72.3 Å². The highest BCUT2D eigenvalue weighted by atomic mass is 35.5. The smallest absolute Gasteiger partial charge is 0.0716 e. The van der Waals surface area contributed by atoms with E-state index in [1.807, 2.05) is 36.4 Å². The first-order valence-electron chi connectivity index (χ1n) is 6.09. The monoisotopic (exact) mass is 276 g/mol. The molecule has 1 atom stereocenters. The first kappa shape index (κ1) is 13.7. The lowest BCUT2D eigenvalue weighted by atomic mass is 9.95. The Morgan fingerprint density at radius 2 is 1.79 bits per heavy atom. The first-order chi connectivity index (χ1) is 9.11. The zero-order valence-corrected chi connectivity index (χ0v) is 11.3. The number of benzene rings is 2. The van der Waals surface area contributed by atoms with Crippen LogP contribution in [0, 0.1) is 0 Å². The quantitative estimate of drug-likeness (QED) is 0.594. The fourth-order valence-corrected chi connectivity index (χ4v) is 2.14. The minimum atomic E-state index is -0.547. The molecule has 0 aliphatic heterocycles. The summed E-state index contributed by atoms with van der Waals surface area (Å²) >= 11 is 5.66. The van der Waals surface area contributed by atoms with E-state index < -0.39 is 6.10 Å². The van der Waals surface area contributed by atoms with Crippen LogP contribution in [0.3, 0.4) is 0 Å². The minimum Gasteiger partial charge on any atom is -0.397 e. The van der Waals surface area contributed by atoms with Crippen molar-refractivity contribution in [2.75, 3.05) is 17.3 Å². The van der Waals surface area contributed by atoms with Crippen molar-refractivity contribution < 1.29 is 5.11 Å². The van der Waals surface area contributed by atoms with Crippen LogP contribution in [-0.4, -0.2) is 17.1 Å². The van der Waals surface area contributed by atoms with Crippen LogP contribution in [-0.2, 0) is 6.42 Å². The average molecular weight is 277 g/mol. The van der Waals surface area contributed by atoms with Gasteiger partial charge >= 0.3 is 0 Å². The van der Waals surface area contributed by atoms with E-state index in [1.165, 1.54) is 0 Å². The standard InChI is InChI=1S/C15H17ClN2O/c16-9-12(19)7-10-3-1-2-4-13(10)11-5-6-14(17)15(18)8-11/h1-6,8,12,19H,7,9,17-18H2. The third kappa shape index (κ3) is 3.19. The van der Waals surface area contributed by atoms with Gasteiger partial charge in [-0.1, -0.05) is 30.3 Å². The van der Waals surface area contributed by atoms with Crippen molar-refractivity contribution in [1.29, 1.82) is 0 Å². The molecule has 0 bridgehead atoms. The molecule has 0 fully saturated rings. The second-order valence-corrected chi connectivity index (χ2v) is 4.82. The number of nitrogens with two attached hydrogens (primary N) is 2. The van der Waals surface area contributed by atoms with Crippen LogP contribution in [0.1, 0.15) is 5.56 Å². The number of anilines is 2. The Labute approximate surface area is 117 Å². The van der Waals surface area contributed by atoms with Crippen LogP contribution in [0.25, 0.3) is 11.1 Å². The van der Waals surface area contributed by atoms with Gasteiger partial charge in [0.05, 0.1) is 17.5 Å². The van der Waals surface area contributed by atoms with Gasteiger partial charge in [-0.05, 0) is 28.8 Å². The van der Waals surface area contributed by atoms with Crippen LogP contribution < -0.4 is 11.5 Å². The number of hydrogen-bond acceptors (Lipinski definition) is 3. The molecule has 1 unspecified atom stereocenters. The summed E-state index contributed by atoms with van der Waals surface area (Å²) in [6.07, 6.45) is -0.0295. The number of alkyl halides is 1. The van der Waals surface area contributed by atoms with Gasteiger partial charge in [-0.3, -0.25) is 0 Å². The third-order valence-corrected chi connectivity index (χ3v) is 3.41. The van der Waals surface area contributed by atoms with Gasteiger partial charge in [-0.2, -0.15) is 0 Å². The highest BCUT2D eigenvalue weighted by Crippen LogP contribution is 2.28. The van der Waals surface area contributed by atoms with Crippen molar-refractivity contribution in [3.8, 4) is 11.1 Å². The number of halogens is 1. The molecule has 2 aromatic rings. The molecule has 0 aliphatic carbocycles. The van der Waals surface area contributed by atoms with E-state index in [1.54, 1.807) is 6.07 Å². The summed E-state index contributed by atoms with van der Waals surface area (Å²) in [6.45, 7) is 0. The Hall–Kier alpha value is -1.71. The number of hydrogen-bond donors (Lipinski definition) is 3. The fraction of sp³-hybridized carbons (Fsp3) is 0.200. The SMILES string of the molecule is Nc1ccc(-c2ccccc2CC(O)CCl)cc1N. The van der Waals surface area contributed by atoms with Crippen LogP contribution >= 0.6 is 11.6 Å². The van der Waals surface area contributed by atoms with Gasteiger partial charge in [-0.15, -0.1) is 11.6 Å². The predicted octanol–water partition coefficient (Wildman–Crippen LogP) is 2.66. The van der Waals surface area contributed by atoms with Gasteiger partial charge in [0.2, 0.25) is 0 Å². The van der Waals surface area contributed by atoms with Crippen molar-refractivity contribution >= 4 is 23.0 Å². The van der Waals surface area contributed by atoms with Gasteiger partial charge in [0.25, 0.3) is 0 Å². The molecule has 5 N–H and O–H groups in total. The van der Waals surface area contributed by atoms with E-state index in [4.69, 9.17) is 23.1 Å². The first-order valence-corrected chi connectivity index (χ1v) is 6.62. The van der Waals surface area contributed by atoms with Gasteiger partial charge in [0.1, 0.15) is 0 Å². The van der Waals surface area contributed by atoms with Gasteiger partial charge in [0, 0.05) is 12.3 Å². The van der Waals surface area contributed by atoms with Gasteiger partial charge in [0.15, 0.2) is 0 Å². The molecule has 2 aromatic carbocycles. The van der Waals surface area contributed by atoms with Crippen LogP contribution in [0.4, 0.5) is 11.4 Å². The summed E-state index contributed by atoms with van der Waals surface area (Å²) < 4.78 is 0. The molecule has 0 aromatic heterocycles. The molecule has 3 nitrogen and oxygen atoms in total. The maximum Gasteiger partial charge on any atom is 0.0716 e. The van der Waals surface area contributed by atoms with E-state index in [-0.39, 0.29) is 5.88 Å². The maximum atomic E-state index is 9.70. The van der Waals surface area contributed by atoms with E-state index in [0.29, 0.717) is 17.8 Å². The molecular formula is C15H17ClN2O. The van der Waals surface area contributed by atoms with Crippen molar-refractivity contribution in [1.82, 2.24) is 0 Å². The van der Waals surface area contributed by atoms with Crippen LogP contribution in [0.5, 0.6) is 0 Å². The van der Waals surface area contributed by atoms with Crippen LogP contribution in [0.15, 0.2) is 42.5 Å². The van der Waals surface area contributed by atoms with Crippen LogP contribution in [0.2, 0.25) is 0 Å². The lowest BCUT2D eigenvalue weighted by molar-refractivity contribution is 0.199. The number of nitrogen functional groups attached to an aromatic ring is 2. The molecule has 0 heterocycles. The molecule has 19 heavy (non-hydrogen) atoms. The van der Waals surface area contributed by atoms with E-state index in [9.17, 15) is 5.11 Å². The Morgan fingerprint density at radius 3 is 2.47 bits per heavy atom. The highest BCUT2D eigenvalue weighted by molar-refractivity contribution is 6.18. The number of rotatable bonds is 4. The average Bonchev–Trinajstić information content (AvgIpc) is 2.42.